The molecular weight excluding hydrogens is 248 g/mol. The second-order valence-corrected chi connectivity index (χ2v) is 6.11. The summed E-state index contributed by atoms with van der Waals surface area (Å²) in [6.07, 6.45) is 5.06. The topological polar surface area (TPSA) is 23.6 Å². The average Bonchev–Trinajstić information content (AvgIpc) is 3.01. The van der Waals surface area contributed by atoms with Crippen molar-refractivity contribution >= 4 is 5.91 Å². The highest BCUT2D eigenvalue weighted by molar-refractivity contribution is 5.94. The summed E-state index contributed by atoms with van der Waals surface area (Å²) >= 11 is 0. The van der Waals surface area contributed by atoms with Crippen LogP contribution in [0.15, 0.2) is 30.3 Å². The fraction of sp³-hybridized carbons (Fsp3) is 0.588. The lowest BCUT2D eigenvalue weighted by molar-refractivity contribution is 0.0673. The molecule has 0 bridgehead atoms. The van der Waals surface area contributed by atoms with Gasteiger partial charge in [-0.1, -0.05) is 18.2 Å². The van der Waals surface area contributed by atoms with Gasteiger partial charge in [0, 0.05) is 25.2 Å². The van der Waals surface area contributed by atoms with Crippen molar-refractivity contribution < 1.29 is 4.79 Å². The Kier molecular flexibility index (Phi) is 4.36. The molecule has 0 spiro atoms. The van der Waals surface area contributed by atoms with Gasteiger partial charge in [0.05, 0.1) is 0 Å². The molecule has 0 saturated carbocycles. The molecule has 0 N–H and O–H groups in total. The second kappa shape index (κ2) is 6.40. The Labute approximate surface area is 121 Å². The van der Waals surface area contributed by atoms with E-state index in [1.807, 2.05) is 35.2 Å². The van der Waals surface area contributed by atoms with E-state index in [-0.39, 0.29) is 5.91 Å². The van der Waals surface area contributed by atoms with Crippen molar-refractivity contribution in [2.24, 2.45) is 5.92 Å². The quantitative estimate of drug-likeness (QED) is 0.844. The van der Waals surface area contributed by atoms with Crippen LogP contribution in [-0.4, -0.2) is 48.4 Å². The standard InChI is InChI=1S/C17H24N2O/c20-17(16-6-2-1-3-7-16)19-12-8-15(9-13-19)14-18-10-4-5-11-18/h1-3,6-7,15H,4-5,8-14H2. The van der Waals surface area contributed by atoms with E-state index in [2.05, 4.69) is 4.90 Å². The van der Waals surface area contributed by atoms with Crippen LogP contribution in [-0.2, 0) is 0 Å². The molecule has 3 heteroatoms. The first-order valence-electron chi connectivity index (χ1n) is 7.89. The highest BCUT2D eigenvalue weighted by atomic mass is 16.2. The molecule has 2 heterocycles. The van der Waals surface area contributed by atoms with Gasteiger partial charge in [-0.15, -0.1) is 0 Å². The Balaban J connectivity index is 1.49. The van der Waals surface area contributed by atoms with Crippen LogP contribution in [0.2, 0.25) is 0 Å². The first kappa shape index (κ1) is 13.6. The molecule has 0 atom stereocenters. The molecule has 0 radical (unpaired) electrons. The molecule has 0 unspecified atom stereocenters. The van der Waals surface area contributed by atoms with E-state index in [1.165, 1.54) is 32.5 Å². The van der Waals surface area contributed by atoms with Gasteiger partial charge in [-0.3, -0.25) is 4.79 Å². The van der Waals surface area contributed by atoms with Gasteiger partial charge < -0.3 is 9.80 Å². The maximum atomic E-state index is 12.4. The Hall–Kier alpha value is -1.35. The number of carbonyl (C=O) groups excluding carboxylic acids is 1. The highest BCUT2D eigenvalue weighted by Gasteiger charge is 2.25. The number of likely N-dealkylation sites (tertiary alicyclic amines) is 2. The third-order valence-electron chi connectivity index (χ3n) is 4.64. The number of benzene rings is 1. The van der Waals surface area contributed by atoms with Crippen molar-refractivity contribution in [1.29, 1.82) is 0 Å². The molecule has 2 aliphatic rings. The van der Waals surface area contributed by atoms with Gasteiger partial charge >= 0.3 is 0 Å². The zero-order chi connectivity index (χ0) is 13.8. The van der Waals surface area contributed by atoms with Crippen LogP contribution in [0.3, 0.4) is 0 Å². The summed E-state index contributed by atoms with van der Waals surface area (Å²) in [6.45, 7) is 5.65. The number of amides is 1. The molecule has 20 heavy (non-hydrogen) atoms. The first-order valence-corrected chi connectivity index (χ1v) is 7.89. The summed E-state index contributed by atoms with van der Waals surface area (Å²) in [5, 5.41) is 0. The van der Waals surface area contributed by atoms with Gasteiger partial charge in [0.2, 0.25) is 0 Å². The number of carbonyl (C=O) groups is 1. The smallest absolute Gasteiger partial charge is 0.253 e. The number of hydrogen-bond donors (Lipinski definition) is 0. The summed E-state index contributed by atoms with van der Waals surface area (Å²) in [5.74, 6) is 0.984. The van der Waals surface area contributed by atoms with Crippen LogP contribution >= 0.6 is 0 Å². The summed E-state index contributed by atoms with van der Waals surface area (Å²) in [4.78, 5) is 17.0. The van der Waals surface area contributed by atoms with Crippen molar-refractivity contribution in [3.63, 3.8) is 0 Å². The summed E-state index contributed by atoms with van der Waals surface area (Å²) in [6, 6.07) is 9.66. The largest absolute Gasteiger partial charge is 0.339 e. The second-order valence-electron chi connectivity index (χ2n) is 6.11. The summed E-state index contributed by atoms with van der Waals surface area (Å²) < 4.78 is 0. The Morgan fingerprint density at radius 2 is 1.65 bits per heavy atom. The molecule has 3 nitrogen and oxygen atoms in total. The minimum atomic E-state index is 0.199. The molecular formula is C17H24N2O. The fourth-order valence-corrected chi connectivity index (χ4v) is 3.41. The van der Waals surface area contributed by atoms with Crippen molar-refractivity contribution in [3.8, 4) is 0 Å². The molecule has 2 saturated heterocycles. The van der Waals surface area contributed by atoms with Crippen LogP contribution in [0.1, 0.15) is 36.0 Å². The third kappa shape index (κ3) is 3.21. The van der Waals surface area contributed by atoms with E-state index < -0.39 is 0 Å². The molecule has 3 rings (SSSR count). The Morgan fingerprint density at radius 3 is 2.30 bits per heavy atom. The number of hydrogen-bond acceptors (Lipinski definition) is 2. The predicted molar refractivity (Wildman–Crippen MR) is 80.7 cm³/mol. The van der Waals surface area contributed by atoms with Gasteiger partial charge in [0.15, 0.2) is 0 Å². The lowest BCUT2D eigenvalue weighted by atomic mass is 9.95. The average molecular weight is 272 g/mol. The minimum Gasteiger partial charge on any atom is -0.339 e. The number of rotatable bonds is 3. The molecule has 1 aromatic rings. The monoisotopic (exact) mass is 272 g/mol. The van der Waals surface area contributed by atoms with Gasteiger partial charge in [-0.2, -0.15) is 0 Å². The minimum absolute atomic E-state index is 0.199. The fourth-order valence-electron chi connectivity index (χ4n) is 3.41. The van der Waals surface area contributed by atoms with E-state index in [1.54, 1.807) is 0 Å². The van der Waals surface area contributed by atoms with Crippen LogP contribution < -0.4 is 0 Å². The van der Waals surface area contributed by atoms with Crippen molar-refractivity contribution in [1.82, 2.24) is 9.80 Å². The molecule has 0 aliphatic carbocycles. The van der Waals surface area contributed by atoms with Crippen LogP contribution in [0.5, 0.6) is 0 Å². The van der Waals surface area contributed by atoms with E-state index in [0.29, 0.717) is 0 Å². The van der Waals surface area contributed by atoms with Crippen molar-refractivity contribution in [3.05, 3.63) is 35.9 Å². The maximum absolute atomic E-state index is 12.4. The normalized spacial score (nSPS) is 21.3. The van der Waals surface area contributed by atoms with Crippen molar-refractivity contribution in [2.75, 3.05) is 32.7 Å². The third-order valence-corrected chi connectivity index (χ3v) is 4.64. The van der Waals surface area contributed by atoms with Crippen molar-refractivity contribution in [2.45, 2.75) is 25.7 Å². The van der Waals surface area contributed by atoms with Crippen LogP contribution in [0.25, 0.3) is 0 Å². The van der Waals surface area contributed by atoms with Crippen LogP contribution in [0, 0.1) is 5.92 Å². The Morgan fingerprint density at radius 1 is 1.00 bits per heavy atom. The molecule has 1 aromatic carbocycles. The summed E-state index contributed by atoms with van der Waals surface area (Å²) in [5.41, 5.74) is 0.825. The van der Waals surface area contributed by atoms with Gasteiger partial charge in [-0.25, -0.2) is 0 Å². The maximum Gasteiger partial charge on any atom is 0.253 e. The highest BCUT2D eigenvalue weighted by Crippen LogP contribution is 2.21. The van der Waals surface area contributed by atoms with E-state index >= 15 is 0 Å². The predicted octanol–water partition coefficient (Wildman–Crippen LogP) is 2.63. The lowest BCUT2D eigenvalue weighted by Crippen LogP contribution is -2.41. The zero-order valence-corrected chi connectivity index (χ0v) is 12.1. The SMILES string of the molecule is O=C(c1ccccc1)N1CCC(CN2CCCC2)CC1. The molecule has 0 aromatic heterocycles. The molecule has 2 fully saturated rings. The number of piperidine rings is 1. The molecule has 108 valence electrons. The summed E-state index contributed by atoms with van der Waals surface area (Å²) in [7, 11) is 0. The first-order chi connectivity index (χ1) is 9.83. The Bertz CT molecular complexity index is 432. The van der Waals surface area contributed by atoms with Gasteiger partial charge in [-0.05, 0) is 56.8 Å². The van der Waals surface area contributed by atoms with E-state index in [9.17, 15) is 4.79 Å². The van der Waals surface area contributed by atoms with E-state index in [4.69, 9.17) is 0 Å². The van der Waals surface area contributed by atoms with Gasteiger partial charge in [0.1, 0.15) is 0 Å². The van der Waals surface area contributed by atoms with Crippen LogP contribution in [0.4, 0.5) is 0 Å². The van der Waals surface area contributed by atoms with Gasteiger partial charge in [0.25, 0.3) is 5.91 Å². The molecule has 1 amide bonds. The van der Waals surface area contributed by atoms with E-state index in [0.717, 1.165) is 37.4 Å². The molecule has 2 aliphatic heterocycles. The zero-order valence-electron chi connectivity index (χ0n) is 12.1. The lowest BCUT2D eigenvalue weighted by Gasteiger charge is -2.34. The number of nitrogens with zero attached hydrogens (tertiary/aromatic N) is 2.